The van der Waals surface area contributed by atoms with E-state index in [1.807, 2.05) is 12.1 Å². The van der Waals surface area contributed by atoms with Crippen LogP contribution in [0.3, 0.4) is 0 Å². The van der Waals surface area contributed by atoms with Gasteiger partial charge in [-0.05, 0) is 48.2 Å². The third-order valence-corrected chi connectivity index (χ3v) is 4.63. The van der Waals surface area contributed by atoms with Crippen molar-refractivity contribution in [1.29, 1.82) is 0 Å². The molecule has 0 bridgehead atoms. The van der Waals surface area contributed by atoms with Crippen LogP contribution in [-0.4, -0.2) is 19.1 Å². The first-order valence-electron chi connectivity index (χ1n) is 7.03. The molecule has 0 radical (unpaired) electrons. The molecule has 1 unspecified atom stereocenters. The number of fused-ring (bicyclic) bond motifs is 1. The van der Waals surface area contributed by atoms with Gasteiger partial charge in [0.15, 0.2) is 6.61 Å². The van der Waals surface area contributed by atoms with Crippen LogP contribution in [0.15, 0.2) is 29.6 Å². The first-order chi connectivity index (χ1) is 10.2. The van der Waals surface area contributed by atoms with Crippen LogP contribution in [-0.2, 0) is 4.79 Å². The number of rotatable bonds is 4. The average Bonchev–Trinajstić information content (AvgIpc) is 2.90. The molecule has 2 aromatic rings. The van der Waals surface area contributed by atoms with Crippen molar-refractivity contribution in [3.63, 3.8) is 0 Å². The van der Waals surface area contributed by atoms with Crippen LogP contribution in [0.5, 0.6) is 5.75 Å². The summed E-state index contributed by atoms with van der Waals surface area (Å²) in [6.07, 6.45) is 0. The van der Waals surface area contributed by atoms with Crippen LogP contribution < -0.4 is 15.4 Å². The van der Waals surface area contributed by atoms with E-state index in [0.717, 1.165) is 23.5 Å². The highest BCUT2D eigenvalue weighted by Crippen LogP contribution is 2.35. The fraction of sp³-hybridized carbons (Fsp3) is 0.312. The molecule has 0 fully saturated rings. The van der Waals surface area contributed by atoms with E-state index < -0.39 is 0 Å². The largest absolute Gasteiger partial charge is 0.482 e. The Labute approximate surface area is 128 Å². The molecule has 1 aliphatic heterocycles. The Bertz CT molecular complexity index is 666. The van der Waals surface area contributed by atoms with Gasteiger partial charge in [-0.15, -0.1) is 11.3 Å². The summed E-state index contributed by atoms with van der Waals surface area (Å²) in [6.45, 7) is 5.19. The molecule has 21 heavy (non-hydrogen) atoms. The number of aryl methyl sites for hydroxylation is 1. The Morgan fingerprint density at radius 1 is 1.43 bits per heavy atom. The van der Waals surface area contributed by atoms with Gasteiger partial charge in [0.25, 0.3) is 5.91 Å². The minimum Gasteiger partial charge on any atom is -0.482 e. The van der Waals surface area contributed by atoms with Gasteiger partial charge in [-0.25, -0.2) is 0 Å². The lowest BCUT2D eigenvalue weighted by Crippen LogP contribution is -2.26. The molecule has 0 aliphatic carbocycles. The van der Waals surface area contributed by atoms with Crippen molar-refractivity contribution >= 4 is 22.9 Å². The fourth-order valence-corrected chi connectivity index (χ4v) is 3.55. The van der Waals surface area contributed by atoms with Crippen molar-refractivity contribution in [2.24, 2.45) is 0 Å². The van der Waals surface area contributed by atoms with E-state index in [2.05, 4.69) is 42.0 Å². The maximum Gasteiger partial charge on any atom is 0.262 e. The van der Waals surface area contributed by atoms with Crippen LogP contribution in [0, 0.1) is 6.92 Å². The lowest BCUT2D eigenvalue weighted by atomic mass is 10.0. The van der Waals surface area contributed by atoms with Gasteiger partial charge in [-0.3, -0.25) is 4.79 Å². The number of ether oxygens (including phenoxy) is 1. The minimum absolute atomic E-state index is 0.0903. The molecular weight excluding hydrogens is 284 g/mol. The SMILES string of the molecule is CCNC(c1ccc2c(c1)NC(=O)CO2)c1sccc1C. The number of benzene rings is 1. The Balaban J connectivity index is 1.98. The molecule has 1 aromatic heterocycles. The second-order valence-corrected chi connectivity index (χ2v) is 6.00. The zero-order valence-electron chi connectivity index (χ0n) is 12.1. The summed E-state index contributed by atoms with van der Waals surface area (Å²) in [5.74, 6) is 0.628. The summed E-state index contributed by atoms with van der Waals surface area (Å²) >= 11 is 1.75. The molecule has 1 amide bonds. The van der Waals surface area contributed by atoms with E-state index in [-0.39, 0.29) is 18.6 Å². The summed E-state index contributed by atoms with van der Waals surface area (Å²) in [4.78, 5) is 12.8. The summed E-state index contributed by atoms with van der Waals surface area (Å²) < 4.78 is 5.42. The molecule has 2 heterocycles. The van der Waals surface area contributed by atoms with Gasteiger partial charge in [0, 0.05) is 4.88 Å². The van der Waals surface area contributed by atoms with Gasteiger partial charge in [0.2, 0.25) is 0 Å². The zero-order chi connectivity index (χ0) is 14.8. The lowest BCUT2D eigenvalue weighted by molar-refractivity contribution is -0.118. The Kier molecular flexibility index (Phi) is 3.94. The number of anilines is 1. The van der Waals surface area contributed by atoms with E-state index in [1.54, 1.807) is 11.3 Å². The van der Waals surface area contributed by atoms with E-state index in [0.29, 0.717) is 0 Å². The van der Waals surface area contributed by atoms with E-state index in [9.17, 15) is 4.79 Å². The quantitative estimate of drug-likeness (QED) is 0.912. The molecule has 3 rings (SSSR count). The highest BCUT2D eigenvalue weighted by molar-refractivity contribution is 7.10. The average molecular weight is 302 g/mol. The smallest absolute Gasteiger partial charge is 0.262 e. The summed E-state index contributed by atoms with van der Waals surface area (Å²) in [7, 11) is 0. The molecule has 4 nitrogen and oxygen atoms in total. The topological polar surface area (TPSA) is 50.4 Å². The third-order valence-electron chi connectivity index (χ3n) is 3.54. The van der Waals surface area contributed by atoms with Crippen molar-refractivity contribution in [2.75, 3.05) is 18.5 Å². The van der Waals surface area contributed by atoms with Crippen molar-refractivity contribution < 1.29 is 9.53 Å². The lowest BCUT2D eigenvalue weighted by Gasteiger charge is -2.22. The number of carbonyl (C=O) groups excluding carboxylic acids is 1. The number of carbonyl (C=O) groups is 1. The second kappa shape index (κ2) is 5.87. The van der Waals surface area contributed by atoms with Crippen molar-refractivity contribution in [1.82, 2.24) is 5.32 Å². The summed E-state index contributed by atoms with van der Waals surface area (Å²) in [5.41, 5.74) is 3.16. The summed E-state index contributed by atoms with van der Waals surface area (Å²) in [6, 6.07) is 8.26. The molecule has 2 N–H and O–H groups in total. The standard InChI is InChI=1S/C16H18N2O2S/c1-3-17-15(16-10(2)6-7-21-16)11-4-5-13-12(8-11)18-14(19)9-20-13/h4-8,15,17H,3,9H2,1-2H3,(H,18,19). The van der Waals surface area contributed by atoms with Crippen LogP contribution in [0.25, 0.3) is 0 Å². The van der Waals surface area contributed by atoms with Gasteiger partial charge in [-0.1, -0.05) is 13.0 Å². The van der Waals surface area contributed by atoms with Crippen LogP contribution >= 0.6 is 11.3 Å². The monoisotopic (exact) mass is 302 g/mol. The molecular formula is C16H18N2O2S. The van der Waals surface area contributed by atoms with Gasteiger partial charge in [0.05, 0.1) is 11.7 Å². The maximum absolute atomic E-state index is 11.5. The minimum atomic E-state index is -0.105. The second-order valence-electron chi connectivity index (χ2n) is 5.05. The van der Waals surface area contributed by atoms with Gasteiger partial charge >= 0.3 is 0 Å². The number of amides is 1. The molecule has 1 aromatic carbocycles. The molecule has 5 heteroatoms. The number of nitrogens with one attached hydrogen (secondary N) is 2. The van der Waals surface area contributed by atoms with E-state index in [4.69, 9.17) is 4.74 Å². The third kappa shape index (κ3) is 2.80. The van der Waals surface area contributed by atoms with Crippen molar-refractivity contribution in [3.8, 4) is 5.75 Å². The molecule has 110 valence electrons. The maximum atomic E-state index is 11.5. The summed E-state index contributed by atoms with van der Waals surface area (Å²) in [5, 5.41) is 8.50. The first-order valence-corrected chi connectivity index (χ1v) is 7.91. The van der Waals surface area contributed by atoms with Gasteiger partial charge in [0.1, 0.15) is 5.75 Å². The molecule has 0 saturated heterocycles. The molecule has 0 spiro atoms. The zero-order valence-corrected chi connectivity index (χ0v) is 12.9. The predicted octanol–water partition coefficient (Wildman–Crippen LogP) is 3.09. The van der Waals surface area contributed by atoms with Crippen molar-refractivity contribution in [3.05, 3.63) is 45.6 Å². The number of hydrogen-bond donors (Lipinski definition) is 2. The number of hydrogen-bond acceptors (Lipinski definition) is 4. The van der Waals surface area contributed by atoms with Crippen LogP contribution in [0.2, 0.25) is 0 Å². The molecule has 1 atom stereocenters. The van der Waals surface area contributed by atoms with Gasteiger partial charge < -0.3 is 15.4 Å². The van der Waals surface area contributed by atoms with Gasteiger partial charge in [-0.2, -0.15) is 0 Å². The highest BCUT2D eigenvalue weighted by Gasteiger charge is 2.21. The van der Waals surface area contributed by atoms with E-state index in [1.165, 1.54) is 10.4 Å². The van der Waals surface area contributed by atoms with Crippen molar-refractivity contribution in [2.45, 2.75) is 19.9 Å². The van der Waals surface area contributed by atoms with E-state index >= 15 is 0 Å². The normalized spacial score (nSPS) is 15.0. The van der Waals surface area contributed by atoms with Crippen LogP contribution in [0.1, 0.15) is 29.0 Å². The highest BCUT2D eigenvalue weighted by atomic mass is 32.1. The Hall–Kier alpha value is -1.85. The molecule has 1 aliphatic rings. The predicted molar refractivity (Wildman–Crippen MR) is 85.1 cm³/mol. The van der Waals surface area contributed by atoms with Crippen LogP contribution in [0.4, 0.5) is 5.69 Å². The first kappa shape index (κ1) is 14.1. The number of thiophene rings is 1. The fourth-order valence-electron chi connectivity index (χ4n) is 2.53. The Morgan fingerprint density at radius 2 is 2.29 bits per heavy atom. The molecule has 0 saturated carbocycles. The Morgan fingerprint density at radius 3 is 3.00 bits per heavy atom.